The lowest BCUT2D eigenvalue weighted by atomic mass is 10.0. The van der Waals surface area contributed by atoms with E-state index in [1.807, 2.05) is 12.1 Å². The zero-order valence-electron chi connectivity index (χ0n) is 11.6. The zero-order chi connectivity index (χ0) is 14.1. The maximum Gasteiger partial charge on any atom is 0.139 e. The number of benzene rings is 1. The lowest BCUT2D eigenvalue weighted by Crippen LogP contribution is -2.24. The Labute approximate surface area is 127 Å². The Morgan fingerprint density at radius 2 is 2.15 bits per heavy atom. The number of rotatable bonds is 3. The molecule has 1 unspecified atom stereocenters. The summed E-state index contributed by atoms with van der Waals surface area (Å²) in [5, 5.41) is 8.25. The highest BCUT2D eigenvalue weighted by molar-refractivity contribution is 9.10. The molecule has 5 heteroatoms. The third-order valence-corrected chi connectivity index (χ3v) is 4.57. The third-order valence-electron chi connectivity index (χ3n) is 3.73. The van der Waals surface area contributed by atoms with Crippen LogP contribution in [0.2, 0.25) is 0 Å². The highest BCUT2D eigenvalue weighted by Gasteiger charge is 2.26. The summed E-state index contributed by atoms with van der Waals surface area (Å²) in [7, 11) is 0. The van der Waals surface area contributed by atoms with Gasteiger partial charge in [-0.25, -0.2) is 4.68 Å². The number of hydrogen-bond acceptors (Lipinski definition) is 3. The van der Waals surface area contributed by atoms with E-state index in [0.29, 0.717) is 0 Å². The molecule has 0 aliphatic carbocycles. The predicted molar refractivity (Wildman–Crippen MR) is 86.0 cm³/mol. The van der Waals surface area contributed by atoms with Crippen LogP contribution in [0.1, 0.15) is 37.1 Å². The molecule has 2 heterocycles. The van der Waals surface area contributed by atoms with Crippen LogP contribution in [0.25, 0.3) is 0 Å². The number of nitrogen functional groups attached to an aromatic ring is 1. The van der Waals surface area contributed by atoms with Crippen LogP contribution in [0, 0.1) is 0 Å². The van der Waals surface area contributed by atoms with Gasteiger partial charge in [0.1, 0.15) is 5.82 Å². The second kappa shape index (κ2) is 5.48. The normalized spacial score (nSPS) is 17.6. The molecule has 1 aliphatic heterocycles. The Kier molecular flexibility index (Phi) is 3.70. The average molecular weight is 335 g/mol. The standard InChI is InChI=1S/C15H19BrN4/c1-2-3-12-14(16)15-18-9-8-13(20(15)19-12)10-4-6-11(17)7-5-10/h4-7,13,18H,2-3,8-9,17H2,1H3. The van der Waals surface area contributed by atoms with Gasteiger partial charge in [0.2, 0.25) is 0 Å². The Bertz CT molecular complexity index is 603. The first kappa shape index (κ1) is 13.5. The number of fused-ring (bicyclic) bond motifs is 1. The summed E-state index contributed by atoms with van der Waals surface area (Å²) in [5.74, 6) is 1.10. The topological polar surface area (TPSA) is 55.9 Å². The molecule has 3 rings (SSSR count). The van der Waals surface area contributed by atoms with Gasteiger partial charge in [0.15, 0.2) is 0 Å². The highest BCUT2D eigenvalue weighted by atomic mass is 79.9. The molecule has 1 aliphatic rings. The summed E-state index contributed by atoms with van der Waals surface area (Å²) in [6.07, 6.45) is 3.13. The summed E-state index contributed by atoms with van der Waals surface area (Å²) in [5.41, 5.74) is 8.98. The largest absolute Gasteiger partial charge is 0.399 e. The molecule has 0 amide bonds. The smallest absolute Gasteiger partial charge is 0.139 e. The Morgan fingerprint density at radius 3 is 2.85 bits per heavy atom. The molecule has 1 atom stereocenters. The first-order chi connectivity index (χ1) is 9.70. The van der Waals surface area contributed by atoms with E-state index >= 15 is 0 Å². The molecule has 0 bridgehead atoms. The minimum atomic E-state index is 0.286. The van der Waals surface area contributed by atoms with Gasteiger partial charge >= 0.3 is 0 Å². The lowest BCUT2D eigenvalue weighted by molar-refractivity contribution is 0.477. The number of nitrogens with two attached hydrogens (primary N) is 1. The summed E-state index contributed by atoms with van der Waals surface area (Å²) in [6.45, 7) is 3.14. The van der Waals surface area contributed by atoms with Crippen molar-refractivity contribution in [3.63, 3.8) is 0 Å². The maximum atomic E-state index is 5.78. The van der Waals surface area contributed by atoms with Crippen LogP contribution >= 0.6 is 15.9 Å². The van der Waals surface area contributed by atoms with Gasteiger partial charge in [-0.3, -0.25) is 0 Å². The van der Waals surface area contributed by atoms with Crippen LogP contribution in [0.3, 0.4) is 0 Å². The summed E-state index contributed by atoms with van der Waals surface area (Å²) < 4.78 is 3.23. The molecule has 106 valence electrons. The number of halogens is 1. The quantitative estimate of drug-likeness (QED) is 0.843. The number of nitrogens with zero attached hydrogens (tertiary/aromatic N) is 2. The van der Waals surface area contributed by atoms with Gasteiger partial charge in [-0.05, 0) is 46.5 Å². The number of aromatic nitrogens is 2. The molecule has 1 aromatic heterocycles. The lowest BCUT2D eigenvalue weighted by Gasteiger charge is -2.26. The summed E-state index contributed by atoms with van der Waals surface area (Å²) in [6, 6.07) is 8.41. The van der Waals surface area contributed by atoms with Crippen LogP contribution in [0.4, 0.5) is 11.5 Å². The number of nitrogens with one attached hydrogen (secondary N) is 1. The fourth-order valence-corrected chi connectivity index (χ4v) is 3.32. The van der Waals surface area contributed by atoms with Gasteiger partial charge in [0, 0.05) is 12.2 Å². The van der Waals surface area contributed by atoms with E-state index in [0.717, 1.165) is 47.5 Å². The van der Waals surface area contributed by atoms with Gasteiger partial charge in [0.05, 0.1) is 16.2 Å². The third kappa shape index (κ3) is 2.30. The molecule has 1 aromatic carbocycles. The first-order valence-corrected chi connectivity index (χ1v) is 7.86. The van der Waals surface area contributed by atoms with Gasteiger partial charge in [-0.1, -0.05) is 25.5 Å². The van der Waals surface area contributed by atoms with Gasteiger partial charge < -0.3 is 11.1 Å². The van der Waals surface area contributed by atoms with Crippen molar-refractivity contribution in [2.24, 2.45) is 0 Å². The Hall–Kier alpha value is -1.49. The van der Waals surface area contributed by atoms with E-state index in [9.17, 15) is 0 Å². The van der Waals surface area contributed by atoms with Crippen molar-refractivity contribution >= 4 is 27.4 Å². The molecule has 0 fully saturated rings. The van der Waals surface area contributed by atoms with Crippen LogP contribution in [-0.2, 0) is 6.42 Å². The van der Waals surface area contributed by atoms with Crippen LogP contribution in [0.5, 0.6) is 0 Å². The molecule has 3 N–H and O–H groups in total. The van der Waals surface area contributed by atoms with Crippen LogP contribution in [0.15, 0.2) is 28.7 Å². The molecular weight excluding hydrogens is 316 g/mol. The molecule has 0 saturated heterocycles. The summed E-state index contributed by atoms with van der Waals surface area (Å²) >= 11 is 3.68. The molecule has 0 spiro atoms. The minimum absolute atomic E-state index is 0.286. The fraction of sp³-hybridized carbons (Fsp3) is 0.400. The monoisotopic (exact) mass is 334 g/mol. The van der Waals surface area contributed by atoms with Crippen molar-refractivity contribution in [3.8, 4) is 0 Å². The van der Waals surface area contributed by atoms with Gasteiger partial charge in [0.25, 0.3) is 0 Å². The second-order valence-electron chi connectivity index (χ2n) is 5.20. The summed E-state index contributed by atoms with van der Waals surface area (Å²) in [4.78, 5) is 0. The van der Waals surface area contributed by atoms with Gasteiger partial charge in [-0.2, -0.15) is 5.10 Å². The average Bonchev–Trinajstić information content (AvgIpc) is 2.77. The number of hydrogen-bond donors (Lipinski definition) is 2. The molecular formula is C15H19BrN4. The maximum absolute atomic E-state index is 5.78. The second-order valence-corrected chi connectivity index (χ2v) is 5.99. The van der Waals surface area contributed by atoms with E-state index in [1.165, 1.54) is 5.56 Å². The Balaban J connectivity index is 2.01. The van der Waals surface area contributed by atoms with E-state index in [4.69, 9.17) is 10.8 Å². The molecule has 20 heavy (non-hydrogen) atoms. The van der Waals surface area contributed by atoms with Gasteiger partial charge in [-0.15, -0.1) is 0 Å². The van der Waals surface area contributed by atoms with E-state index in [-0.39, 0.29) is 6.04 Å². The van der Waals surface area contributed by atoms with Crippen molar-refractivity contribution in [1.82, 2.24) is 9.78 Å². The van der Waals surface area contributed by atoms with Crippen molar-refractivity contribution in [1.29, 1.82) is 0 Å². The van der Waals surface area contributed by atoms with Crippen molar-refractivity contribution in [2.45, 2.75) is 32.2 Å². The molecule has 4 nitrogen and oxygen atoms in total. The first-order valence-electron chi connectivity index (χ1n) is 7.07. The highest BCUT2D eigenvalue weighted by Crippen LogP contribution is 2.36. The van der Waals surface area contributed by atoms with Crippen LogP contribution in [-0.4, -0.2) is 16.3 Å². The van der Waals surface area contributed by atoms with E-state index < -0.39 is 0 Å². The number of aryl methyl sites for hydroxylation is 1. The Morgan fingerprint density at radius 1 is 1.40 bits per heavy atom. The molecule has 0 saturated carbocycles. The number of anilines is 2. The van der Waals surface area contributed by atoms with Crippen molar-refractivity contribution in [3.05, 3.63) is 40.0 Å². The van der Waals surface area contributed by atoms with Crippen molar-refractivity contribution in [2.75, 3.05) is 17.6 Å². The zero-order valence-corrected chi connectivity index (χ0v) is 13.2. The SMILES string of the molecule is CCCc1nn2c(c1Br)NCCC2c1ccc(N)cc1. The fourth-order valence-electron chi connectivity index (χ4n) is 2.72. The van der Waals surface area contributed by atoms with E-state index in [2.05, 4.69) is 45.0 Å². The van der Waals surface area contributed by atoms with Crippen molar-refractivity contribution < 1.29 is 0 Å². The molecule has 0 radical (unpaired) electrons. The minimum Gasteiger partial charge on any atom is -0.399 e. The predicted octanol–water partition coefficient (Wildman–Crippen LogP) is 3.59. The van der Waals surface area contributed by atoms with E-state index in [1.54, 1.807) is 0 Å². The van der Waals surface area contributed by atoms with Crippen LogP contribution < -0.4 is 11.1 Å². The molecule has 2 aromatic rings.